The van der Waals surface area contributed by atoms with Crippen LogP contribution in [0.5, 0.6) is 0 Å². The van der Waals surface area contributed by atoms with Crippen molar-refractivity contribution < 1.29 is 49.0 Å². The number of hydrogen-bond acceptors (Lipinski definition) is 10. The lowest BCUT2D eigenvalue weighted by Crippen LogP contribution is -2.63. The first-order valence-corrected chi connectivity index (χ1v) is 13.4. The van der Waals surface area contributed by atoms with E-state index >= 15 is 0 Å². The van der Waals surface area contributed by atoms with Crippen LogP contribution in [-0.2, 0) is 28.6 Å². The fraction of sp³-hybridized carbons (Fsp3) is 0.750. The zero-order valence-electron chi connectivity index (χ0n) is 23.2. The second kappa shape index (κ2) is 11.1. The van der Waals surface area contributed by atoms with Crippen LogP contribution < -0.4 is 0 Å². The van der Waals surface area contributed by atoms with Crippen molar-refractivity contribution in [3.05, 3.63) is 22.8 Å². The molecule has 2 aliphatic carbocycles. The van der Waals surface area contributed by atoms with Gasteiger partial charge in [0, 0.05) is 18.4 Å². The zero-order valence-corrected chi connectivity index (χ0v) is 23.2. The van der Waals surface area contributed by atoms with Gasteiger partial charge in [0.15, 0.2) is 29.5 Å². The van der Waals surface area contributed by atoms with Crippen molar-refractivity contribution in [1.82, 2.24) is 0 Å². The van der Waals surface area contributed by atoms with E-state index < -0.39 is 71.5 Å². The summed E-state index contributed by atoms with van der Waals surface area (Å²) < 4.78 is 17.1. The van der Waals surface area contributed by atoms with Gasteiger partial charge in [0.2, 0.25) is 0 Å². The molecule has 1 saturated heterocycles. The fourth-order valence-electron chi connectivity index (χ4n) is 5.97. The van der Waals surface area contributed by atoms with Gasteiger partial charge in [-0.1, -0.05) is 38.7 Å². The maximum atomic E-state index is 12.9. The van der Waals surface area contributed by atoms with E-state index in [1.165, 1.54) is 6.92 Å². The number of unbranched alkanes of at least 4 members (excludes halogenated alkanes) is 4. The molecule has 1 aliphatic heterocycles. The first-order chi connectivity index (χ1) is 17.6. The molecule has 10 heteroatoms. The van der Waals surface area contributed by atoms with Gasteiger partial charge in [0.25, 0.3) is 0 Å². The number of rotatable bonds is 9. The summed E-state index contributed by atoms with van der Waals surface area (Å²) in [5.41, 5.74) is -6.04. The summed E-state index contributed by atoms with van der Waals surface area (Å²) in [6.45, 7) is 9.34. The average molecular weight is 539 g/mol. The van der Waals surface area contributed by atoms with Gasteiger partial charge in [-0.15, -0.1) is 0 Å². The van der Waals surface area contributed by atoms with E-state index in [0.29, 0.717) is 17.6 Å². The van der Waals surface area contributed by atoms with E-state index in [2.05, 4.69) is 6.92 Å². The molecule has 0 aromatic carbocycles. The van der Waals surface area contributed by atoms with E-state index in [-0.39, 0.29) is 12.0 Å². The van der Waals surface area contributed by atoms with E-state index in [1.54, 1.807) is 26.8 Å². The number of allylic oxidation sites excluding steroid dienone is 1. The van der Waals surface area contributed by atoms with Crippen LogP contribution >= 0.6 is 0 Å². The van der Waals surface area contributed by atoms with Gasteiger partial charge in [0.1, 0.15) is 0 Å². The smallest absolute Gasteiger partial charge is 0.341 e. The predicted molar refractivity (Wildman–Crippen MR) is 135 cm³/mol. The van der Waals surface area contributed by atoms with Crippen LogP contribution in [0.2, 0.25) is 0 Å². The molecule has 10 nitrogen and oxygen atoms in total. The lowest BCUT2D eigenvalue weighted by Gasteiger charge is -2.38. The molecule has 0 unspecified atom stereocenters. The Morgan fingerprint density at radius 3 is 2.34 bits per heavy atom. The number of aliphatic hydroxyl groups is 4. The zero-order chi connectivity index (χ0) is 28.6. The van der Waals surface area contributed by atoms with Crippen LogP contribution in [0.25, 0.3) is 0 Å². The van der Waals surface area contributed by atoms with Gasteiger partial charge in [-0.2, -0.15) is 0 Å². The third-order valence-corrected chi connectivity index (χ3v) is 8.45. The first kappa shape index (κ1) is 30.3. The molecule has 3 rings (SSSR count). The first-order valence-electron chi connectivity index (χ1n) is 13.4. The van der Waals surface area contributed by atoms with Crippen LogP contribution in [0, 0.1) is 5.92 Å². The molecule has 1 saturated carbocycles. The van der Waals surface area contributed by atoms with Crippen molar-refractivity contribution in [3.8, 4) is 0 Å². The number of carbonyl (C=O) groups is 3. The SMILES string of the molecule is C/C=C(/C)C(=O)O[C@H]1C(C)=C2[C@H]([C@@H]1OC(=O)CCCCCCC)[C@@](C)(O)C[C@H](O)[C@@]1(O)[C@H]2OC(=O)[C@@]1(C)O. The van der Waals surface area contributed by atoms with Gasteiger partial charge >= 0.3 is 17.9 Å². The maximum Gasteiger partial charge on any atom is 0.341 e. The van der Waals surface area contributed by atoms with E-state index in [9.17, 15) is 34.8 Å². The average Bonchev–Trinajstić information content (AvgIpc) is 3.18. The van der Waals surface area contributed by atoms with Gasteiger partial charge in [-0.05, 0) is 52.2 Å². The van der Waals surface area contributed by atoms with Crippen molar-refractivity contribution in [2.45, 2.75) is 128 Å². The van der Waals surface area contributed by atoms with Crippen molar-refractivity contribution >= 4 is 17.9 Å². The highest BCUT2D eigenvalue weighted by Gasteiger charge is 2.74. The van der Waals surface area contributed by atoms with Crippen LogP contribution in [0.4, 0.5) is 0 Å². The van der Waals surface area contributed by atoms with Crippen molar-refractivity contribution in [2.75, 3.05) is 0 Å². The van der Waals surface area contributed by atoms with E-state index in [4.69, 9.17) is 14.2 Å². The number of hydrogen-bond donors (Lipinski definition) is 4. The monoisotopic (exact) mass is 538 g/mol. The minimum absolute atomic E-state index is 0.123. The molecule has 38 heavy (non-hydrogen) atoms. The van der Waals surface area contributed by atoms with Gasteiger partial charge < -0.3 is 34.6 Å². The summed E-state index contributed by atoms with van der Waals surface area (Å²) in [6, 6.07) is 0. The maximum absolute atomic E-state index is 12.9. The molecule has 0 radical (unpaired) electrons. The largest absolute Gasteiger partial charge is 0.457 e. The third kappa shape index (κ3) is 5.03. The summed E-state index contributed by atoms with van der Waals surface area (Å²) in [5.74, 6) is -3.46. The molecule has 3 aliphatic rings. The molecule has 4 N–H and O–H groups in total. The van der Waals surface area contributed by atoms with Gasteiger partial charge in [-0.3, -0.25) is 4.79 Å². The molecule has 8 atom stereocenters. The Bertz CT molecular complexity index is 1010. The van der Waals surface area contributed by atoms with E-state index in [0.717, 1.165) is 32.6 Å². The number of fused-ring (bicyclic) bond motifs is 3. The molecule has 0 aromatic rings. The number of esters is 3. The molecular formula is C28H42O10. The summed E-state index contributed by atoms with van der Waals surface area (Å²) in [5, 5.41) is 45.1. The minimum Gasteiger partial charge on any atom is -0.457 e. The summed E-state index contributed by atoms with van der Waals surface area (Å²) >= 11 is 0. The fourth-order valence-corrected chi connectivity index (χ4v) is 5.97. The molecule has 1 heterocycles. The molecule has 0 spiro atoms. The lowest BCUT2D eigenvalue weighted by molar-refractivity contribution is -0.192. The van der Waals surface area contributed by atoms with Crippen LogP contribution in [0.3, 0.4) is 0 Å². The Morgan fingerprint density at radius 2 is 1.74 bits per heavy atom. The standard InChI is InChI=1S/C28H42O10/c1-7-9-10-11-12-13-18(30)36-22-20-19(16(4)21(22)37-24(31)15(3)8-2)23-28(35,17(29)14-26(20,5)33)27(6,34)25(32)38-23/h8,17,20-23,29,33-35H,7,9-14H2,1-6H3/b15-8-/t17-,20+,21-,22-,23-,26-,27+,28+/m0/s1. The molecular weight excluding hydrogens is 496 g/mol. The molecule has 0 bridgehead atoms. The second-order valence-electron chi connectivity index (χ2n) is 11.3. The highest BCUT2D eigenvalue weighted by atomic mass is 16.6. The van der Waals surface area contributed by atoms with Gasteiger partial charge in [0.05, 0.1) is 17.6 Å². The van der Waals surface area contributed by atoms with E-state index in [1.807, 2.05) is 0 Å². The Hall–Kier alpha value is -2.27. The predicted octanol–water partition coefficient (Wildman–Crippen LogP) is 2.01. The highest BCUT2D eigenvalue weighted by Crippen LogP contribution is 2.55. The Labute approximate surface area is 223 Å². The summed E-state index contributed by atoms with van der Waals surface area (Å²) in [6.07, 6.45) is 0.0739. The van der Waals surface area contributed by atoms with Crippen LogP contribution in [0.15, 0.2) is 22.8 Å². The third-order valence-electron chi connectivity index (χ3n) is 8.45. The number of carbonyl (C=O) groups excluding carboxylic acids is 3. The van der Waals surface area contributed by atoms with Crippen molar-refractivity contribution in [2.24, 2.45) is 5.92 Å². The Morgan fingerprint density at radius 1 is 1.11 bits per heavy atom. The quantitative estimate of drug-likeness (QED) is 0.112. The second-order valence-corrected chi connectivity index (χ2v) is 11.3. The number of ether oxygens (including phenoxy) is 3. The van der Waals surface area contributed by atoms with Crippen molar-refractivity contribution in [1.29, 1.82) is 0 Å². The number of aliphatic hydroxyl groups excluding tert-OH is 1. The van der Waals surface area contributed by atoms with Gasteiger partial charge in [-0.25, -0.2) is 9.59 Å². The normalized spacial score (nSPS) is 38.8. The minimum atomic E-state index is -2.51. The highest BCUT2D eigenvalue weighted by molar-refractivity contribution is 5.88. The van der Waals surface area contributed by atoms with Crippen molar-refractivity contribution in [3.63, 3.8) is 0 Å². The van der Waals surface area contributed by atoms with Crippen LogP contribution in [-0.4, -0.2) is 79.6 Å². The topological polar surface area (TPSA) is 160 Å². The summed E-state index contributed by atoms with van der Waals surface area (Å²) in [7, 11) is 0. The van der Waals surface area contributed by atoms with Crippen LogP contribution in [0.1, 0.15) is 86.5 Å². The summed E-state index contributed by atoms with van der Waals surface area (Å²) in [4.78, 5) is 38.3. The molecule has 2 fully saturated rings. The molecule has 0 amide bonds. The lowest BCUT2D eigenvalue weighted by atomic mass is 9.75. The Kier molecular flexibility index (Phi) is 8.82. The molecule has 0 aromatic heterocycles. The Balaban J connectivity index is 2.05. The molecule has 214 valence electrons.